The van der Waals surface area contributed by atoms with Crippen molar-refractivity contribution in [2.45, 2.75) is 51.0 Å². The molecular formula is C27H32N2O5. The Bertz CT molecular complexity index is 1030. The van der Waals surface area contributed by atoms with Crippen molar-refractivity contribution in [2.24, 2.45) is 5.92 Å². The maximum Gasteiger partial charge on any atom is 0.408 e. The van der Waals surface area contributed by atoms with Gasteiger partial charge in [-0.25, -0.2) is 4.79 Å². The minimum atomic E-state index is -1.04. The highest BCUT2D eigenvalue weighted by Gasteiger charge is 2.45. The van der Waals surface area contributed by atoms with Gasteiger partial charge in [0.15, 0.2) is 0 Å². The summed E-state index contributed by atoms with van der Waals surface area (Å²) >= 11 is 0. The second-order valence-corrected chi connectivity index (χ2v) is 9.32. The summed E-state index contributed by atoms with van der Waals surface area (Å²) in [5.41, 5.74) is 3.52. The van der Waals surface area contributed by atoms with Crippen LogP contribution in [0.1, 0.15) is 56.6 Å². The first-order chi connectivity index (χ1) is 16.4. The number of fused-ring (bicyclic) bond motifs is 3. The first-order valence-corrected chi connectivity index (χ1v) is 12.0. The lowest BCUT2D eigenvalue weighted by molar-refractivity contribution is -0.144. The van der Waals surface area contributed by atoms with Gasteiger partial charge in [-0.2, -0.15) is 0 Å². The highest BCUT2D eigenvalue weighted by molar-refractivity contribution is 5.90. The summed E-state index contributed by atoms with van der Waals surface area (Å²) in [6, 6.07) is 16.3. The summed E-state index contributed by atoms with van der Waals surface area (Å²) in [4.78, 5) is 39.2. The predicted octanol–water partition coefficient (Wildman–Crippen LogP) is 4.41. The fraction of sp³-hybridized carbons (Fsp3) is 0.444. The molecule has 4 rings (SSSR count). The van der Waals surface area contributed by atoms with E-state index in [2.05, 4.69) is 29.6 Å². The number of hydrogen-bond donors (Lipinski definition) is 2. The highest BCUT2D eigenvalue weighted by atomic mass is 16.5. The number of ether oxygens (including phenoxy) is 1. The maximum absolute atomic E-state index is 13.4. The van der Waals surface area contributed by atoms with Crippen molar-refractivity contribution in [1.29, 1.82) is 0 Å². The molecule has 180 valence electrons. The first-order valence-electron chi connectivity index (χ1n) is 12.0. The van der Waals surface area contributed by atoms with Crippen LogP contribution in [0.3, 0.4) is 0 Å². The number of aliphatic carboxylic acids is 1. The lowest BCUT2D eigenvalue weighted by Crippen LogP contribution is -2.59. The molecule has 0 bridgehead atoms. The number of carboxylic acids is 1. The van der Waals surface area contributed by atoms with E-state index in [0.29, 0.717) is 19.4 Å². The normalized spacial score (nSPS) is 16.9. The number of nitrogens with zero attached hydrogens (tertiary/aromatic N) is 1. The molecule has 1 atom stereocenters. The first kappa shape index (κ1) is 23.8. The van der Waals surface area contributed by atoms with Gasteiger partial charge in [-0.1, -0.05) is 68.3 Å². The molecular weight excluding hydrogens is 432 g/mol. The maximum atomic E-state index is 13.4. The zero-order chi connectivity index (χ0) is 24.3. The van der Waals surface area contributed by atoms with Gasteiger partial charge in [0, 0.05) is 19.0 Å². The average molecular weight is 465 g/mol. The topological polar surface area (TPSA) is 95.9 Å². The van der Waals surface area contributed by atoms with E-state index in [1.165, 1.54) is 4.90 Å². The number of hydrogen-bond acceptors (Lipinski definition) is 4. The van der Waals surface area contributed by atoms with Crippen LogP contribution in [-0.2, 0) is 14.3 Å². The second-order valence-electron chi connectivity index (χ2n) is 9.32. The molecule has 0 radical (unpaired) electrons. The molecule has 1 unspecified atom stereocenters. The molecule has 2 aliphatic carbocycles. The van der Waals surface area contributed by atoms with Crippen LogP contribution in [0.15, 0.2) is 48.5 Å². The van der Waals surface area contributed by atoms with E-state index in [-0.39, 0.29) is 25.0 Å². The number of rotatable bonds is 8. The van der Waals surface area contributed by atoms with Crippen LogP contribution < -0.4 is 5.32 Å². The van der Waals surface area contributed by atoms with Crippen molar-refractivity contribution in [3.8, 4) is 11.1 Å². The van der Waals surface area contributed by atoms with Crippen LogP contribution >= 0.6 is 0 Å². The van der Waals surface area contributed by atoms with Gasteiger partial charge >= 0.3 is 12.1 Å². The van der Waals surface area contributed by atoms with Gasteiger partial charge in [-0.3, -0.25) is 9.59 Å². The van der Waals surface area contributed by atoms with E-state index in [4.69, 9.17) is 4.74 Å². The standard InChI is InChI=1S/C27H32N2O5/c1-3-29(16-18(2)24(30)31)25(32)27(14-8-9-15-27)28-26(33)34-17-23-21-12-6-4-10-19(21)20-11-5-7-13-22(20)23/h4-7,10-13,18,23H,3,8-9,14-17H2,1-2H3,(H,28,33)(H,30,31). The molecule has 2 aromatic rings. The Morgan fingerprint density at radius 1 is 1.06 bits per heavy atom. The summed E-state index contributed by atoms with van der Waals surface area (Å²) in [6.45, 7) is 4.07. The number of benzene rings is 2. The minimum Gasteiger partial charge on any atom is -0.481 e. The van der Waals surface area contributed by atoms with Gasteiger partial charge in [0.1, 0.15) is 12.1 Å². The quantitative estimate of drug-likeness (QED) is 0.603. The third-order valence-electron chi connectivity index (χ3n) is 7.14. The summed E-state index contributed by atoms with van der Waals surface area (Å²) in [5, 5.41) is 12.2. The third kappa shape index (κ3) is 4.52. The lowest BCUT2D eigenvalue weighted by atomic mass is 9.95. The van der Waals surface area contributed by atoms with E-state index < -0.39 is 23.5 Å². The molecule has 34 heavy (non-hydrogen) atoms. The molecule has 2 N–H and O–H groups in total. The third-order valence-corrected chi connectivity index (χ3v) is 7.14. The molecule has 0 aromatic heterocycles. The summed E-state index contributed by atoms with van der Waals surface area (Å²) < 4.78 is 5.69. The molecule has 2 aliphatic rings. The molecule has 0 spiro atoms. The SMILES string of the molecule is CCN(CC(C)C(=O)O)C(=O)C1(NC(=O)OCC2c3ccccc3-c3ccccc32)CCCC1. The Hall–Kier alpha value is -3.35. The number of carboxylic acid groups (broad SMARTS) is 1. The minimum absolute atomic E-state index is 0.0584. The fourth-order valence-electron chi connectivity index (χ4n) is 5.27. The van der Waals surface area contributed by atoms with E-state index in [9.17, 15) is 19.5 Å². The van der Waals surface area contributed by atoms with Crippen molar-refractivity contribution < 1.29 is 24.2 Å². The highest BCUT2D eigenvalue weighted by Crippen LogP contribution is 2.44. The van der Waals surface area contributed by atoms with Crippen LogP contribution in [0.25, 0.3) is 11.1 Å². The summed E-state index contributed by atoms with van der Waals surface area (Å²) in [5.74, 6) is -1.92. The van der Waals surface area contributed by atoms with Crippen LogP contribution in [0.5, 0.6) is 0 Å². The predicted molar refractivity (Wildman–Crippen MR) is 128 cm³/mol. The van der Waals surface area contributed by atoms with Gasteiger partial charge in [-0.15, -0.1) is 0 Å². The zero-order valence-electron chi connectivity index (χ0n) is 19.8. The Balaban J connectivity index is 1.46. The molecule has 2 aromatic carbocycles. The van der Waals surface area contributed by atoms with E-state index in [0.717, 1.165) is 35.1 Å². The Morgan fingerprint density at radius 2 is 1.62 bits per heavy atom. The number of alkyl carbamates (subject to hydrolysis) is 1. The second kappa shape index (κ2) is 9.87. The number of carbonyl (C=O) groups is 3. The smallest absolute Gasteiger partial charge is 0.408 e. The van der Waals surface area contributed by atoms with Crippen molar-refractivity contribution in [1.82, 2.24) is 10.2 Å². The molecule has 0 saturated heterocycles. The summed E-state index contributed by atoms with van der Waals surface area (Å²) in [7, 11) is 0. The average Bonchev–Trinajstić information content (AvgIpc) is 3.44. The van der Waals surface area contributed by atoms with Gasteiger partial charge in [0.2, 0.25) is 5.91 Å². The Kier molecular flexibility index (Phi) is 6.91. The van der Waals surface area contributed by atoms with Crippen molar-refractivity contribution in [3.05, 3.63) is 59.7 Å². The summed E-state index contributed by atoms with van der Waals surface area (Å²) in [6.07, 6.45) is 2.07. The number of likely N-dealkylation sites (N-methyl/N-ethyl adjacent to an activating group) is 1. The largest absolute Gasteiger partial charge is 0.481 e. The van der Waals surface area contributed by atoms with E-state index >= 15 is 0 Å². The molecule has 0 heterocycles. The Labute approximate surface area is 200 Å². The van der Waals surface area contributed by atoms with Gasteiger partial charge in [0.25, 0.3) is 0 Å². The van der Waals surface area contributed by atoms with Crippen molar-refractivity contribution in [3.63, 3.8) is 0 Å². The van der Waals surface area contributed by atoms with Crippen LogP contribution in [0.2, 0.25) is 0 Å². The van der Waals surface area contributed by atoms with Crippen LogP contribution in [0, 0.1) is 5.92 Å². The van der Waals surface area contributed by atoms with Gasteiger partial charge < -0.3 is 20.1 Å². The lowest BCUT2D eigenvalue weighted by Gasteiger charge is -2.35. The number of carbonyl (C=O) groups excluding carboxylic acids is 2. The molecule has 0 aliphatic heterocycles. The molecule has 7 heteroatoms. The fourth-order valence-corrected chi connectivity index (χ4v) is 5.27. The number of nitrogens with one attached hydrogen (secondary N) is 1. The van der Waals surface area contributed by atoms with Gasteiger partial charge in [-0.05, 0) is 42.0 Å². The molecule has 1 saturated carbocycles. The monoisotopic (exact) mass is 464 g/mol. The van der Waals surface area contributed by atoms with Crippen molar-refractivity contribution >= 4 is 18.0 Å². The van der Waals surface area contributed by atoms with Crippen molar-refractivity contribution in [2.75, 3.05) is 19.7 Å². The molecule has 1 fully saturated rings. The van der Waals surface area contributed by atoms with Crippen LogP contribution in [0.4, 0.5) is 4.79 Å². The van der Waals surface area contributed by atoms with E-state index in [1.54, 1.807) is 6.92 Å². The zero-order valence-corrected chi connectivity index (χ0v) is 19.8. The Morgan fingerprint density at radius 3 is 2.15 bits per heavy atom. The van der Waals surface area contributed by atoms with E-state index in [1.807, 2.05) is 31.2 Å². The van der Waals surface area contributed by atoms with Crippen LogP contribution in [-0.4, -0.2) is 53.2 Å². The van der Waals surface area contributed by atoms with Gasteiger partial charge in [0.05, 0.1) is 5.92 Å². The molecule has 7 nitrogen and oxygen atoms in total. The molecule has 2 amide bonds. The number of amides is 2.